The Morgan fingerprint density at radius 2 is 0.737 bits per heavy atom. The largest absolute Gasteiger partial charge is 0.652 e. The maximum atomic E-state index is 9.92. The first-order chi connectivity index (χ1) is 37.0. The van der Waals surface area contributed by atoms with E-state index in [1.54, 1.807) is 24.3 Å². The van der Waals surface area contributed by atoms with E-state index >= 15 is 0 Å². The zero-order valence-electron chi connectivity index (χ0n) is 40.8. The molecular formula is C65H48Cl2N4O5. The van der Waals surface area contributed by atoms with E-state index in [1.807, 2.05) is 60.7 Å². The van der Waals surface area contributed by atoms with Crippen molar-refractivity contribution in [1.82, 2.24) is 9.13 Å². The second-order valence-electron chi connectivity index (χ2n) is 18.0. The third kappa shape index (κ3) is 11.5. The lowest BCUT2D eigenvalue weighted by Crippen LogP contribution is -2.37. The molecule has 0 spiro atoms. The maximum absolute atomic E-state index is 9.92. The van der Waals surface area contributed by atoms with Crippen LogP contribution in [0.4, 0.5) is 4.79 Å². The molecule has 76 heavy (non-hydrogen) atoms. The summed E-state index contributed by atoms with van der Waals surface area (Å²) in [6.45, 7) is 0. The lowest BCUT2D eigenvalue weighted by atomic mass is 10.0. The highest BCUT2D eigenvalue weighted by Gasteiger charge is 2.29. The number of hydrogen-bond acceptors (Lipinski definition) is 5. The molecule has 372 valence electrons. The molecule has 12 rings (SSSR count). The molecule has 2 N–H and O–H groups in total. The van der Waals surface area contributed by atoms with Gasteiger partial charge in [0.1, 0.15) is 34.2 Å². The number of halogens is 2. The van der Waals surface area contributed by atoms with Gasteiger partial charge in [-0.3, -0.25) is 0 Å². The number of fused-ring (bicyclic) bond motifs is 2. The van der Waals surface area contributed by atoms with Crippen molar-refractivity contribution in [2.45, 2.75) is 12.8 Å². The highest BCUT2D eigenvalue weighted by atomic mass is 35.5. The monoisotopic (exact) mass is 1030 g/mol. The van der Waals surface area contributed by atoms with Gasteiger partial charge in [-0.05, 0) is 160 Å². The molecule has 0 fully saturated rings. The topological polar surface area (TPSA) is 121 Å². The van der Waals surface area contributed by atoms with Crippen LogP contribution in [0.3, 0.4) is 0 Å². The van der Waals surface area contributed by atoms with E-state index in [0.29, 0.717) is 10.0 Å². The first-order valence-corrected chi connectivity index (χ1v) is 25.2. The van der Waals surface area contributed by atoms with Crippen LogP contribution >= 0.6 is 23.2 Å². The minimum Gasteiger partial charge on any atom is -0.652 e. The van der Waals surface area contributed by atoms with Gasteiger partial charge in [0.25, 0.3) is 12.7 Å². The molecule has 0 saturated heterocycles. The molecule has 0 saturated carbocycles. The number of carbonyl (C=O) groups excluding carboxylic acids is 1. The molecule has 0 radical (unpaired) electrons. The third-order valence-electron chi connectivity index (χ3n) is 13.0. The van der Waals surface area contributed by atoms with Gasteiger partial charge in [0, 0.05) is 34.0 Å². The first-order valence-electron chi connectivity index (χ1n) is 24.4. The van der Waals surface area contributed by atoms with Crippen LogP contribution < -0.4 is 19.3 Å². The van der Waals surface area contributed by atoms with E-state index < -0.39 is 6.16 Å². The van der Waals surface area contributed by atoms with Crippen LogP contribution in [0, 0.1) is 0 Å². The Labute approximate surface area is 449 Å². The van der Waals surface area contributed by atoms with Gasteiger partial charge in [0.2, 0.25) is 0 Å². The Hall–Kier alpha value is -9.41. The van der Waals surface area contributed by atoms with Gasteiger partial charge in [-0.1, -0.05) is 145 Å². The molecule has 2 aromatic heterocycles. The summed E-state index contributed by atoms with van der Waals surface area (Å²) in [4.78, 5) is 8.33. The number of carbonyl (C=O) groups is 1. The quantitative estimate of drug-likeness (QED) is 0.132. The average molecular weight is 1040 g/mol. The predicted octanol–water partition coefficient (Wildman–Crippen LogP) is 12.6. The maximum Gasteiger partial charge on any atom is 0.254 e. The van der Waals surface area contributed by atoms with Gasteiger partial charge in [0.05, 0.1) is 0 Å². The fourth-order valence-corrected chi connectivity index (χ4v) is 9.70. The highest BCUT2D eigenvalue weighted by Crippen LogP contribution is 2.32. The average Bonchev–Trinajstić information content (AvgIpc) is 4.02. The Bertz CT molecular complexity index is 3680. The molecule has 12 aromatic rings. The number of aromatic hydroxyl groups is 2. The standard InChI is InChI=1S/2C32H23ClN2O.CH2O3/c2*33-27-13-10-25(11-14-27)32-31(20-23-6-2-1-3-7-23)34(22-35(32)28-16-18-30(36)19-17-28)29-15-12-24-8-4-5-9-26(24)21-29;2-1(3)4/h2*1-19,21-22H,20H2;(H2,2,3,4). The number of hydrogen-bond donors (Lipinski definition) is 2. The molecule has 0 aliphatic heterocycles. The Kier molecular flexibility index (Phi) is 15.0. The third-order valence-corrected chi connectivity index (χ3v) is 13.5. The second kappa shape index (κ2) is 22.8. The summed E-state index contributed by atoms with van der Waals surface area (Å²) in [7, 11) is 0. The molecule has 0 aliphatic rings. The fourth-order valence-electron chi connectivity index (χ4n) is 9.45. The van der Waals surface area contributed by atoms with Gasteiger partial charge in [-0.15, -0.1) is 0 Å². The summed E-state index contributed by atoms with van der Waals surface area (Å²) in [5.41, 5.74) is 13.2. The van der Waals surface area contributed by atoms with E-state index in [-0.39, 0.29) is 11.5 Å². The van der Waals surface area contributed by atoms with Crippen LogP contribution in [-0.2, 0) is 12.8 Å². The van der Waals surface area contributed by atoms with Crippen molar-refractivity contribution in [3.05, 3.63) is 288 Å². The molecule has 0 atom stereocenters. The van der Waals surface area contributed by atoms with Gasteiger partial charge < -0.3 is 25.2 Å². The molecule has 9 nitrogen and oxygen atoms in total. The lowest BCUT2D eigenvalue weighted by molar-refractivity contribution is -0.583. The fraction of sp³-hybridized carbons (Fsp3) is 0.0308. The number of benzene rings is 10. The van der Waals surface area contributed by atoms with Crippen molar-refractivity contribution < 1.29 is 34.4 Å². The highest BCUT2D eigenvalue weighted by molar-refractivity contribution is 6.31. The molecule has 0 unspecified atom stereocenters. The molecule has 2 heterocycles. The Balaban J connectivity index is 0.000000162. The number of rotatable bonds is 10. The van der Waals surface area contributed by atoms with E-state index in [4.69, 9.17) is 38.2 Å². The van der Waals surface area contributed by atoms with E-state index in [0.717, 1.165) is 69.5 Å². The van der Waals surface area contributed by atoms with Crippen molar-refractivity contribution in [1.29, 1.82) is 0 Å². The number of phenolic OH excluding ortho intramolecular Hbond substituents is 2. The summed E-state index contributed by atoms with van der Waals surface area (Å²) < 4.78 is 8.93. The molecule has 0 amide bonds. The number of aromatic nitrogens is 4. The van der Waals surface area contributed by atoms with Crippen LogP contribution in [0.2, 0.25) is 10.0 Å². The molecule has 0 aliphatic carbocycles. The Morgan fingerprint density at radius 1 is 0.408 bits per heavy atom. The smallest absolute Gasteiger partial charge is 0.254 e. The van der Waals surface area contributed by atoms with Gasteiger partial charge in [0.15, 0.2) is 22.8 Å². The molecule has 0 bridgehead atoms. The van der Waals surface area contributed by atoms with E-state index in [9.17, 15) is 10.2 Å². The van der Waals surface area contributed by atoms with E-state index in [2.05, 4.69) is 189 Å². The normalized spacial score (nSPS) is 10.9. The number of carboxylic acid groups (broad SMARTS) is 2. The lowest BCUT2D eigenvalue weighted by Gasteiger charge is -2.07. The van der Waals surface area contributed by atoms with Crippen LogP contribution in [0.5, 0.6) is 11.5 Å². The zero-order chi connectivity index (χ0) is 52.5. The molecule has 10 aromatic carbocycles. The SMILES string of the molecule is O=C([O-])[O-].Oc1ccc(-[n+]2cn(-c3ccc4ccccc4c3)c(Cc3ccccc3)c2-c2ccc(Cl)cc2)cc1.Oc1ccc(-[n+]2cn(-c3ccc4ccccc4c3)c(Cc3ccccc3)c2-c2ccc(Cl)cc2)cc1. The van der Waals surface area contributed by atoms with Crippen molar-refractivity contribution in [2.24, 2.45) is 0 Å². The minimum absolute atomic E-state index is 0.242. The number of phenols is 2. The van der Waals surface area contributed by atoms with Crippen molar-refractivity contribution >= 4 is 50.9 Å². The van der Waals surface area contributed by atoms with E-state index in [1.165, 1.54) is 32.7 Å². The predicted molar refractivity (Wildman–Crippen MR) is 298 cm³/mol. The summed E-state index contributed by atoms with van der Waals surface area (Å²) in [5, 5.41) is 42.7. The van der Waals surface area contributed by atoms with Crippen LogP contribution in [0.1, 0.15) is 22.5 Å². The molecule has 11 heteroatoms. The zero-order valence-corrected chi connectivity index (χ0v) is 42.3. The summed E-state index contributed by atoms with van der Waals surface area (Å²) in [6, 6.07) is 81.6. The van der Waals surface area contributed by atoms with Crippen LogP contribution in [0.15, 0.2) is 255 Å². The first kappa shape index (κ1) is 50.1. The van der Waals surface area contributed by atoms with Crippen molar-refractivity contribution in [3.8, 4) is 56.8 Å². The second-order valence-corrected chi connectivity index (χ2v) is 18.9. The van der Waals surface area contributed by atoms with Crippen LogP contribution in [0.25, 0.3) is 66.8 Å². The van der Waals surface area contributed by atoms with Crippen molar-refractivity contribution in [2.75, 3.05) is 0 Å². The van der Waals surface area contributed by atoms with Crippen molar-refractivity contribution in [3.63, 3.8) is 0 Å². The van der Waals surface area contributed by atoms with Crippen LogP contribution in [-0.4, -0.2) is 25.5 Å². The van der Waals surface area contributed by atoms with Gasteiger partial charge >= 0.3 is 0 Å². The minimum atomic E-state index is -2.33. The van der Waals surface area contributed by atoms with Gasteiger partial charge in [-0.25, -0.2) is 0 Å². The summed E-state index contributed by atoms with van der Waals surface area (Å²) in [5.74, 6) is 0.483. The summed E-state index contributed by atoms with van der Waals surface area (Å²) >= 11 is 12.5. The Morgan fingerprint density at radius 3 is 1.09 bits per heavy atom. The molecular weight excluding hydrogens is 988 g/mol. The summed E-state index contributed by atoms with van der Waals surface area (Å²) in [6.07, 6.45) is 3.44. The number of nitrogens with zero attached hydrogens (tertiary/aromatic N) is 4. The van der Waals surface area contributed by atoms with Gasteiger partial charge in [-0.2, -0.15) is 18.3 Å². The number of imidazole rings is 2.